The van der Waals surface area contributed by atoms with Crippen molar-refractivity contribution >= 4 is 35.0 Å². The summed E-state index contributed by atoms with van der Waals surface area (Å²) in [5.74, 6) is 0. The van der Waals surface area contributed by atoms with Crippen molar-refractivity contribution in [1.29, 1.82) is 0 Å². The Hall–Kier alpha value is -0.840. The zero-order chi connectivity index (χ0) is 10.7. The molecule has 6 heteroatoms. The molecule has 2 rings (SSSR count). The molecule has 0 aliphatic carbocycles. The molecule has 3 nitrogen and oxygen atoms in total. The molecular formula is C9H5Cl2N3S. The molecule has 76 valence electrons. The van der Waals surface area contributed by atoms with Gasteiger partial charge in [-0.3, -0.25) is 4.98 Å². The van der Waals surface area contributed by atoms with Crippen LogP contribution < -0.4 is 0 Å². The van der Waals surface area contributed by atoms with E-state index in [-0.39, 0.29) is 0 Å². The molecule has 0 fully saturated rings. The second-order valence-corrected chi connectivity index (χ2v) is 4.38. The fourth-order valence-electron chi connectivity index (χ4n) is 0.920. The van der Waals surface area contributed by atoms with Crippen molar-refractivity contribution in [3.8, 4) is 0 Å². The number of rotatable bonds is 2. The van der Waals surface area contributed by atoms with Crippen LogP contribution in [0.3, 0.4) is 0 Å². The number of hydrogen-bond donors (Lipinski definition) is 0. The largest absolute Gasteiger partial charge is 0.259 e. The molecule has 0 aliphatic rings. The van der Waals surface area contributed by atoms with Crippen molar-refractivity contribution in [2.45, 2.75) is 10.1 Å². The normalized spacial score (nSPS) is 10.3. The van der Waals surface area contributed by atoms with Crippen molar-refractivity contribution in [1.82, 2.24) is 15.0 Å². The molecule has 0 aliphatic heterocycles. The number of nitrogens with zero attached hydrogens (tertiary/aromatic N) is 3. The summed E-state index contributed by atoms with van der Waals surface area (Å²) in [5, 5.41) is 2.30. The van der Waals surface area contributed by atoms with Gasteiger partial charge in [0.1, 0.15) is 15.2 Å². The molecule has 0 saturated carbocycles. The van der Waals surface area contributed by atoms with Gasteiger partial charge in [-0.2, -0.15) is 0 Å². The van der Waals surface area contributed by atoms with Crippen molar-refractivity contribution in [2.75, 3.05) is 0 Å². The predicted octanol–water partition coefficient (Wildman–Crippen LogP) is 3.33. The van der Waals surface area contributed by atoms with Crippen LogP contribution in [0.5, 0.6) is 0 Å². The molecule has 0 aromatic carbocycles. The third-order valence-corrected chi connectivity index (χ3v) is 3.03. The second kappa shape index (κ2) is 4.79. The average Bonchev–Trinajstić information content (AvgIpc) is 2.22. The van der Waals surface area contributed by atoms with Crippen LogP contribution >= 0.6 is 35.0 Å². The maximum absolute atomic E-state index is 5.95. The number of hydrogen-bond acceptors (Lipinski definition) is 4. The fourth-order valence-corrected chi connectivity index (χ4v) is 2.09. The van der Waals surface area contributed by atoms with Crippen molar-refractivity contribution < 1.29 is 0 Å². The van der Waals surface area contributed by atoms with Crippen molar-refractivity contribution in [2.24, 2.45) is 0 Å². The molecular weight excluding hydrogens is 253 g/mol. The fraction of sp³-hybridized carbons (Fsp3) is 0. The first kappa shape index (κ1) is 10.7. The molecule has 0 bridgehead atoms. The summed E-state index contributed by atoms with van der Waals surface area (Å²) in [5.41, 5.74) is 0. The Balaban J connectivity index is 2.26. The minimum Gasteiger partial charge on any atom is -0.259 e. The first-order valence-electron chi connectivity index (χ1n) is 4.01. The van der Waals surface area contributed by atoms with Crippen LogP contribution in [0.15, 0.2) is 40.8 Å². The van der Waals surface area contributed by atoms with Gasteiger partial charge >= 0.3 is 0 Å². The summed E-state index contributed by atoms with van der Waals surface area (Å²) in [4.78, 5) is 12.1. The van der Waals surface area contributed by atoms with Crippen LogP contribution in [-0.4, -0.2) is 15.0 Å². The lowest BCUT2D eigenvalue weighted by Crippen LogP contribution is -1.85. The van der Waals surface area contributed by atoms with Gasteiger partial charge in [0.2, 0.25) is 0 Å². The van der Waals surface area contributed by atoms with E-state index in [1.165, 1.54) is 18.0 Å². The molecule has 0 atom stereocenters. The Kier molecular flexibility index (Phi) is 3.41. The molecule has 0 radical (unpaired) electrons. The summed E-state index contributed by atoms with van der Waals surface area (Å²) in [6.07, 6.45) is 4.76. The van der Waals surface area contributed by atoms with E-state index >= 15 is 0 Å². The van der Waals surface area contributed by atoms with Gasteiger partial charge in [0, 0.05) is 6.20 Å². The van der Waals surface area contributed by atoms with Crippen LogP contribution in [0.4, 0.5) is 0 Å². The minimum atomic E-state index is 0.354. The number of pyridine rings is 1. The molecule has 2 aromatic heterocycles. The topological polar surface area (TPSA) is 38.7 Å². The standard InChI is InChI=1S/C9H5Cl2N3S/c10-6-2-1-3-13-9(6)15-8-5-12-4-7(11)14-8/h1-5H. The Morgan fingerprint density at radius 2 is 2.07 bits per heavy atom. The van der Waals surface area contributed by atoms with Crippen LogP contribution in [0.2, 0.25) is 10.2 Å². The van der Waals surface area contributed by atoms with Crippen LogP contribution in [0.25, 0.3) is 0 Å². The average molecular weight is 258 g/mol. The lowest BCUT2D eigenvalue weighted by Gasteiger charge is -2.01. The van der Waals surface area contributed by atoms with Gasteiger partial charge < -0.3 is 0 Å². The van der Waals surface area contributed by atoms with Crippen LogP contribution in [0.1, 0.15) is 0 Å². The minimum absolute atomic E-state index is 0.354. The number of aromatic nitrogens is 3. The van der Waals surface area contributed by atoms with E-state index in [2.05, 4.69) is 15.0 Å². The first-order valence-corrected chi connectivity index (χ1v) is 5.59. The van der Waals surface area contributed by atoms with E-state index in [1.54, 1.807) is 24.5 Å². The van der Waals surface area contributed by atoms with Gasteiger partial charge in [0.05, 0.1) is 17.4 Å². The SMILES string of the molecule is Clc1cncc(Sc2ncccc2Cl)n1. The summed E-state index contributed by atoms with van der Waals surface area (Å²) in [6, 6.07) is 3.55. The lowest BCUT2D eigenvalue weighted by atomic mass is 10.5. The Bertz CT molecular complexity index is 478. The third kappa shape index (κ3) is 2.81. The molecule has 0 saturated heterocycles. The Morgan fingerprint density at radius 3 is 2.80 bits per heavy atom. The highest BCUT2D eigenvalue weighted by molar-refractivity contribution is 7.99. The van der Waals surface area contributed by atoms with E-state index in [0.29, 0.717) is 20.2 Å². The monoisotopic (exact) mass is 257 g/mol. The van der Waals surface area contributed by atoms with Gasteiger partial charge in [-0.15, -0.1) is 0 Å². The van der Waals surface area contributed by atoms with Gasteiger partial charge in [-0.05, 0) is 23.9 Å². The van der Waals surface area contributed by atoms with Gasteiger partial charge in [-0.1, -0.05) is 23.2 Å². The molecule has 2 aromatic rings. The van der Waals surface area contributed by atoms with E-state index in [4.69, 9.17) is 23.2 Å². The number of halogens is 2. The highest BCUT2D eigenvalue weighted by atomic mass is 35.5. The zero-order valence-electron chi connectivity index (χ0n) is 7.39. The Labute approximate surface area is 101 Å². The summed E-state index contributed by atoms with van der Waals surface area (Å²) in [7, 11) is 0. The van der Waals surface area contributed by atoms with Crippen LogP contribution in [0, 0.1) is 0 Å². The van der Waals surface area contributed by atoms with Crippen molar-refractivity contribution in [3.05, 3.63) is 40.9 Å². The van der Waals surface area contributed by atoms with Gasteiger partial charge in [0.25, 0.3) is 0 Å². The highest BCUT2D eigenvalue weighted by Crippen LogP contribution is 2.29. The van der Waals surface area contributed by atoms with Crippen molar-refractivity contribution in [3.63, 3.8) is 0 Å². The second-order valence-electron chi connectivity index (χ2n) is 2.57. The maximum Gasteiger partial charge on any atom is 0.148 e. The molecule has 0 amide bonds. The maximum atomic E-state index is 5.95. The van der Waals surface area contributed by atoms with E-state index < -0.39 is 0 Å². The smallest absolute Gasteiger partial charge is 0.148 e. The van der Waals surface area contributed by atoms with E-state index in [1.807, 2.05) is 0 Å². The molecule has 0 N–H and O–H groups in total. The molecule has 0 spiro atoms. The quantitative estimate of drug-likeness (QED) is 0.828. The Morgan fingerprint density at radius 1 is 1.20 bits per heavy atom. The summed E-state index contributed by atoms with van der Waals surface area (Å²) >= 11 is 13.0. The molecule has 0 unspecified atom stereocenters. The van der Waals surface area contributed by atoms with E-state index in [9.17, 15) is 0 Å². The first-order chi connectivity index (χ1) is 7.25. The third-order valence-electron chi connectivity index (χ3n) is 1.51. The van der Waals surface area contributed by atoms with Gasteiger partial charge in [-0.25, -0.2) is 9.97 Å². The van der Waals surface area contributed by atoms with Gasteiger partial charge in [0.15, 0.2) is 0 Å². The highest BCUT2D eigenvalue weighted by Gasteiger charge is 2.05. The van der Waals surface area contributed by atoms with E-state index in [0.717, 1.165) is 0 Å². The zero-order valence-corrected chi connectivity index (χ0v) is 9.72. The summed E-state index contributed by atoms with van der Waals surface area (Å²) in [6.45, 7) is 0. The van der Waals surface area contributed by atoms with Crippen LogP contribution in [-0.2, 0) is 0 Å². The molecule has 2 heterocycles. The molecule has 15 heavy (non-hydrogen) atoms. The summed E-state index contributed by atoms with van der Waals surface area (Å²) < 4.78 is 0. The lowest BCUT2D eigenvalue weighted by molar-refractivity contribution is 1.04. The predicted molar refractivity (Wildman–Crippen MR) is 60.4 cm³/mol.